The van der Waals surface area contributed by atoms with Crippen LogP contribution in [0.15, 0.2) is 60.7 Å². The maximum Gasteiger partial charge on any atom is 0.303 e. The Morgan fingerprint density at radius 1 is 1.18 bits per heavy atom. The van der Waals surface area contributed by atoms with Crippen molar-refractivity contribution in [2.45, 2.75) is 38.1 Å². The van der Waals surface area contributed by atoms with Gasteiger partial charge in [0, 0.05) is 18.3 Å². The number of unbranched alkanes of at least 4 members (excludes halogenated alkanes) is 1. The van der Waals surface area contributed by atoms with Crippen LogP contribution in [0, 0.1) is 11.8 Å². The molecule has 1 aliphatic carbocycles. The van der Waals surface area contributed by atoms with Crippen LogP contribution < -0.4 is 9.47 Å². The Balaban J connectivity index is 1.49. The van der Waals surface area contributed by atoms with Crippen LogP contribution in [0.4, 0.5) is 0 Å². The predicted molar refractivity (Wildman–Crippen MR) is 103 cm³/mol. The molecule has 3 rings (SSSR count). The fourth-order valence-electron chi connectivity index (χ4n) is 3.25. The smallest absolute Gasteiger partial charge is 0.303 e. The van der Waals surface area contributed by atoms with Crippen LogP contribution in [0.2, 0.25) is 0 Å². The van der Waals surface area contributed by atoms with E-state index in [0.717, 1.165) is 0 Å². The number of carbonyl (C=O) groups excluding carboxylic acids is 1. The molecule has 0 radical (unpaired) electrons. The average molecular weight is 384 g/mol. The van der Waals surface area contributed by atoms with Gasteiger partial charge >= 0.3 is 5.97 Å². The quantitative estimate of drug-likeness (QED) is 0.501. The van der Waals surface area contributed by atoms with Crippen molar-refractivity contribution in [1.29, 1.82) is 0 Å². The van der Waals surface area contributed by atoms with E-state index in [-0.39, 0.29) is 24.0 Å². The van der Waals surface area contributed by atoms with Crippen molar-refractivity contribution >= 4 is 11.8 Å². The highest BCUT2D eigenvalue weighted by Gasteiger charge is 2.31. The summed E-state index contributed by atoms with van der Waals surface area (Å²) in [6.07, 6.45) is 10.9. The summed E-state index contributed by atoms with van der Waals surface area (Å²) in [5.74, 6) is 0.144. The first-order valence-electron chi connectivity index (χ1n) is 9.42. The number of carboxylic acid groups (broad SMARTS) is 1. The van der Waals surface area contributed by atoms with Gasteiger partial charge in [0.1, 0.15) is 6.10 Å². The summed E-state index contributed by atoms with van der Waals surface area (Å²) in [6, 6.07) is 7.23. The third kappa shape index (κ3) is 5.10. The fraction of sp³-hybridized carbons (Fsp3) is 0.364. The molecule has 3 atom stereocenters. The molecule has 2 aliphatic rings. The van der Waals surface area contributed by atoms with Crippen molar-refractivity contribution in [3.8, 4) is 11.5 Å². The van der Waals surface area contributed by atoms with Crippen LogP contribution in [0.5, 0.6) is 11.5 Å². The molecule has 1 aliphatic heterocycles. The van der Waals surface area contributed by atoms with Crippen LogP contribution in [0.1, 0.15) is 25.7 Å². The molecule has 0 fully saturated rings. The molecule has 1 aromatic carbocycles. The Hall–Kier alpha value is -2.86. The Labute approximate surface area is 163 Å². The van der Waals surface area contributed by atoms with E-state index in [9.17, 15) is 14.7 Å². The molecule has 1 heterocycles. The first kappa shape index (κ1) is 19.9. The van der Waals surface area contributed by atoms with Gasteiger partial charge in [0.2, 0.25) is 0 Å². The Bertz CT molecular complexity index is 769. The summed E-state index contributed by atoms with van der Waals surface area (Å²) < 4.78 is 11.2. The lowest BCUT2D eigenvalue weighted by Gasteiger charge is -2.16. The lowest BCUT2D eigenvalue weighted by molar-refractivity contribution is -0.137. The second kappa shape index (κ2) is 9.37. The zero-order chi connectivity index (χ0) is 19.9. The molecular formula is C22H24O6. The van der Waals surface area contributed by atoms with E-state index in [1.165, 1.54) is 0 Å². The third-order valence-electron chi connectivity index (χ3n) is 4.78. The number of rotatable bonds is 9. The number of fused-ring (bicyclic) bond motifs is 1. The summed E-state index contributed by atoms with van der Waals surface area (Å²) in [6.45, 7) is 0. The molecule has 148 valence electrons. The maximum absolute atomic E-state index is 12.1. The largest absolute Gasteiger partial charge is 0.481 e. The molecule has 0 saturated heterocycles. The van der Waals surface area contributed by atoms with Crippen LogP contribution in [-0.2, 0) is 9.59 Å². The molecule has 0 unspecified atom stereocenters. The average Bonchev–Trinajstić information content (AvgIpc) is 3.26. The highest BCUT2D eigenvalue weighted by Crippen LogP contribution is 2.35. The van der Waals surface area contributed by atoms with Gasteiger partial charge in [-0.15, -0.1) is 0 Å². The topological polar surface area (TPSA) is 93.1 Å². The number of ketones is 1. The van der Waals surface area contributed by atoms with E-state index in [4.69, 9.17) is 14.6 Å². The standard InChI is InChI=1S/C22H24O6/c23-17-13-11-15(16(17)7-3-1-2-4-10-21(25)26)12-14-18(24)22-27-19-8-5-6-9-20(19)28-22/h1,3,5-6,8-9,11-16,18,22,24H,2,4,7,10H2,(H,25,26)/b3-1-,14-12+/t15-,16-,18-/m1/s1. The summed E-state index contributed by atoms with van der Waals surface area (Å²) in [5, 5.41) is 19.0. The summed E-state index contributed by atoms with van der Waals surface area (Å²) >= 11 is 0. The number of carbonyl (C=O) groups is 2. The lowest BCUT2D eigenvalue weighted by atomic mass is 9.90. The number of aliphatic hydroxyl groups excluding tert-OH is 1. The monoisotopic (exact) mass is 384 g/mol. The maximum atomic E-state index is 12.1. The van der Waals surface area contributed by atoms with Crippen molar-refractivity contribution < 1.29 is 29.3 Å². The lowest BCUT2D eigenvalue weighted by Crippen LogP contribution is -2.32. The number of hydrogen-bond acceptors (Lipinski definition) is 5. The Kier molecular flexibility index (Phi) is 6.66. The third-order valence-corrected chi connectivity index (χ3v) is 4.78. The number of aliphatic carboxylic acids is 1. The minimum atomic E-state index is -0.955. The van der Waals surface area contributed by atoms with E-state index in [1.54, 1.807) is 24.3 Å². The predicted octanol–water partition coefficient (Wildman–Crippen LogP) is 3.27. The van der Waals surface area contributed by atoms with Gasteiger partial charge in [0.05, 0.1) is 0 Å². The van der Waals surface area contributed by atoms with Crippen molar-refractivity contribution in [3.05, 3.63) is 60.7 Å². The van der Waals surface area contributed by atoms with Crippen molar-refractivity contribution in [2.75, 3.05) is 0 Å². The molecule has 0 spiro atoms. The van der Waals surface area contributed by atoms with Crippen molar-refractivity contribution in [1.82, 2.24) is 0 Å². The highest BCUT2D eigenvalue weighted by atomic mass is 16.7. The van der Waals surface area contributed by atoms with Gasteiger partial charge in [-0.05, 0) is 37.5 Å². The number of aliphatic hydroxyl groups is 1. The zero-order valence-electron chi connectivity index (χ0n) is 15.4. The SMILES string of the molecule is O=C(O)CCC/C=C\C[C@H]1C(=O)C=C[C@@H]1/C=C/[C@@H](O)C1Oc2ccccc2O1. The minimum absolute atomic E-state index is 0.0556. The fourth-order valence-corrected chi connectivity index (χ4v) is 3.25. The van der Waals surface area contributed by atoms with E-state index >= 15 is 0 Å². The molecule has 0 bridgehead atoms. The van der Waals surface area contributed by atoms with Gasteiger partial charge in [-0.2, -0.15) is 0 Å². The van der Waals surface area contributed by atoms with Gasteiger partial charge in [-0.25, -0.2) is 0 Å². The first-order chi connectivity index (χ1) is 13.5. The van der Waals surface area contributed by atoms with Crippen LogP contribution in [0.3, 0.4) is 0 Å². The second-order valence-electron chi connectivity index (χ2n) is 6.86. The van der Waals surface area contributed by atoms with Gasteiger partial charge in [0.15, 0.2) is 17.3 Å². The second-order valence-corrected chi connectivity index (χ2v) is 6.86. The summed E-state index contributed by atoms with van der Waals surface area (Å²) in [4.78, 5) is 22.6. The zero-order valence-corrected chi connectivity index (χ0v) is 15.4. The molecule has 1 aromatic rings. The van der Waals surface area contributed by atoms with E-state index in [2.05, 4.69) is 0 Å². The van der Waals surface area contributed by atoms with Crippen molar-refractivity contribution in [3.63, 3.8) is 0 Å². The Morgan fingerprint density at radius 2 is 1.89 bits per heavy atom. The van der Waals surface area contributed by atoms with E-state index in [0.29, 0.717) is 30.8 Å². The normalized spacial score (nSPS) is 22.5. The summed E-state index contributed by atoms with van der Waals surface area (Å²) in [5.41, 5.74) is 0. The first-order valence-corrected chi connectivity index (χ1v) is 9.42. The highest BCUT2D eigenvalue weighted by molar-refractivity contribution is 5.95. The van der Waals surface area contributed by atoms with Gasteiger partial charge < -0.3 is 19.7 Å². The molecule has 28 heavy (non-hydrogen) atoms. The molecule has 2 N–H and O–H groups in total. The van der Waals surface area contributed by atoms with Crippen LogP contribution >= 0.6 is 0 Å². The molecular weight excluding hydrogens is 360 g/mol. The number of benzene rings is 1. The number of allylic oxidation sites excluding steroid dienone is 5. The molecule has 6 heteroatoms. The van der Waals surface area contributed by atoms with Crippen LogP contribution in [-0.4, -0.2) is 34.4 Å². The summed E-state index contributed by atoms with van der Waals surface area (Å²) in [7, 11) is 0. The van der Waals surface area contributed by atoms with Gasteiger partial charge in [0.25, 0.3) is 6.29 Å². The number of carboxylic acids is 1. The number of para-hydroxylation sites is 2. The van der Waals surface area contributed by atoms with Gasteiger partial charge in [-0.3, -0.25) is 9.59 Å². The van der Waals surface area contributed by atoms with Crippen LogP contribution in [0.25, 0.3) is 0 Å². The van der Waals surface area contributed by atoms with E-state index < -0.39 is 18.4 Å². The number of ether oxygens (including phenoxy) is 2. The van der Waals surface area contributed by atoms with Crippen molar-refractivity contribution in [2.24, 2.45) is 11.8 Å². The molecule has 6 nitrogen and oxygen atoms in total. The molecule has 0 saturated carbocycles. The molecule has 0 amide bonds. The number of hydrogen-bond donors (Lipinski definition) is 2. The van der Waals surface area contributed by atoms with E-state index in [1.807, 2.05) is 36.4 Å². The minimum Gasteiger partial charge on any atom is -0.481 e. The molecule has 0 aromatic heterocycles. The van der Waals surface area contributed by atoms with Gasteiger partial charge in [-0.1, -0.05) is 42.5 Å². The Morgan fingerprint density at radius 3 is 2.57 bits per heavy atom.